The minimum atomic E-state index is -1.18. The molecule has 0 saturated heterocycles. The first kappa shape index (κ1) is 11.7. The molecule has 0 fully saturated rings. The molecule has 1 aromatic rings. The van der Waals surface area contributed by atoms with Gasteiger partial charge in [0, 0.05) is 17.4 Å². The zero-order chi connectivity index (χ0) is 10.6. The van der Waals surface area contributed by atoms with Crippen LogP contribution in [0.15, 0.2) is 28.7 Å². The highest BCUT2D eigenvalue weighted by atomic mass is 79.9. The first-order valence-electron chi connectivity index (χ1n) is 4.61. The number of alkyl halides is 1. The first-order chi connectivity index (χ1) is 6.53. The largest absolute Gasteiger partial charge is 0.317 e. The van der Waals surface area contributed by atoms with Gasteiger partial charge < -0.3 is 5.32 Å². The van der Waals surface area contributed by atoms with Crippen LogP contribution in [0.1, 0.15) is 12.5 Å². The number of nitrogens with one attached hydrogen (secondary N) is 1. The van der Waals surface area contributed by atoms with E-state index in [0.717, 1.165) is 10.0 Å². The Hall–Kier alpha value is -0.410. The van der Waals surface area contributed by atoms with Crippen molar-refractivity contribution in [3.63, 3.8) is 0 Å². The summed E-state index contributed by atoms with van der Waals surface area (Å²) in [6.07, 6.45) is 0.446. The third-order valence-corrected chi connectivity index (χ3v) is 2.56. The molecule has 78 valence electrons. The van der Waals surface area contributed by atoms with Gasteiger partial charge >= 0.3 is 0 Å². The van der Waals surface area contributed by atoms with Gasteiger partial charge in [0.15, 0.2) is 0 Å². The fraction of sp³-hybridized carbons (Fsp3) is 0.455. The maximum absolute atomic E-state index is 13.8. The molecule has 0 heterocycles. The van der Waals surface area contributed by atoms with Gasteiger partial charge in [-0.1, -0.05) is 28.1 Å². The molecule has 1 unspecified atom stereocenters. The van der Waals surface area contributed by atoms with Gasteiger partial charge in [0.05, 0.1) is 0 Å². The van der Waals surface area contributed by atoms with Crippen molar-refractivity contribution >= 4 is 15.9 Å². The lowest BCUT2D eigenvalue weighted by molar-refractivity contribution is 0.188. The Bertz CT molecular complexity index is 282. The molecule has 3 heteroatoms. The first-order valence-corrected chi connectivity index (χ1v) is 5.41. The molecule has 0 saturated carbocycles. The van der Waals surface area contributed by atoms with Gasteiger partial charge in [-0.05, 0) is 31.7 Å². The molecule has 0 radical (unpaired) electrons. The van der Waals surface area contributed by atoms with Crippen LogP contribution in [0.25, 0.3) is 0 Å². The summed E-state index contributed by atoms with van der Waals surface area (Å²) >= 11 is 3.35. The van der Waals surface area contributed by atoms with Crippen molar-refractivity contribution < 1.29 is 4.39 Å². The maximum Gasteiger partial charge on any atom is 0.124 e. The molecule has 14 heavy (non-hydrogen) atoms. The SMILES string of the molecule is CNCC(C)(F)Cc1ccc(Br)cc1. The van der Waals surface area contributed by atoms with Crippen LogP contribution in [-0.4, -0.2) is 19.3 Å². The van der Waals surface area contributed by atoms with Crippen LogP contribution >= 0.6 is 15.9 Å². The van der Waals surface area contributed by atoms with Crippen molar-refractivity contribution in [3.8, 4) is 0 Å². The number of hydrogen-bond donors (Lipinski definition) is 1. The summed E-state index contributed by atoms with van der Waals surface area (Å²) in [6.45, 7) is 1.99. The minimum absolute atomic E-state index is 0.378. The number of hydrogen-bond acceptors (Lipinski definition) is 1. The zero-order valence-electron chi connectivity index (χ0n) is 8.48. The standard InChI is InChI=1S/C11H15BrFN/c1-11(13,8-14-2)7-9-3-5-10(12)6-4-9/h3-6,14H,7-8H2,1-2H3. The van der Waals surface area contributed by atoms with Crippen LogP contribution in [0, 0.1) is 0 Å². The van der Waals surface area contributed by atoms with Crippen molar-refractivity contribution in [1.29, 1.82) is 0 Å². The second-order valence-corrected chi connectivity index (χ2v) is 4.66. The fourth-order valence-electron chi connectivity index (χ4n) is 1.46. The molecule has 1 atom stereocenters. The number of benzene rings is 1. The van der Waals surface area contributed by atoms with Gasteiger partial charge in [-0.3, -0.25) is 0 Å². The lowest BCUT2D eigenvalue weighted by Crippen LogP contribution is -2.33. The summed E-state index contributed by atoms with van der Waals surface area (Å²) < 4.78 is 14.8. The number of halogens is 2. The summed E-state index contributed by atoms with van der Waals surface area (Å²) in [4.78, 5) is 0. The molecule has 0 aliphatic heterocycles. The average molecular weight is 260 g/mol. The summed E-state index contributed by atoms with van der Waals surface area (Å²) in [7, 11) is 1.76. The summed E-state index contributed by atoms with van der Waals surface area (Å²) in [6, 6.07) is 7.75. The highest BCUT2D eigenvalue weighted by Crippen LogP contribution is 2.18. The van der Waals surface area contributed by atoms with Gasteiger partial charge in [-0.25, -0.2) is 4.39 Å². The smallest absolute Gasteiger partial charge is 0.124 e. The Balaban J connectivity index is 2.64. The van der Waals surface area contributed by atoms with Crippen LogP contribution in [0.4, 0.5) is 4.39 Å². The van der Waals surface area contributed by atoms with E-state index in [2.05, 4.69) is 21.2 Å². The van der Waals surface area contributed by atoms with E-state index < -0.39 is 5.67 Å². The molecule has 0 aromatic heterocycles. The molecule has 1 aromatic carbocycles. The third kappa shape index (κ3) is 3.76. The van der Waals surface area contributed by atoms with E-state index in [1.165, 1.54) is 0 Å². The molecular weight excluding hydrogens is 245 g/mol. The molecular formula is C11H15BrFN. The minimum Gasteiger partial charge on any atom is -0.317 e. The van der Waals surface area contributed by atoms with Crippen LogP contribution in [0.2, 0.25) is 0 Å². The lowest BCUT2D eigenvalue weighted by Gasteiger charge is -2.19. The van der Waals surface area contributed by atoms with Crippen molar-refractivity contribution in [2.75, 3.05) is 13.6 Å². The maximum atomic E-state index is 13.8. The second-order valence-electron chi connectivity index (χ2n) is 3.75. The van der Waals surface area contributed by atoms with E-state index in [0.29, 0.717) is 13.0 Å². The molecule has 0 aliphatic rings. The summed E-state index contributed by atoms with van der Waals surface area (Å²) in [5.41, 5.74) is -0.156. The van der Waals surface area contributed by atoms with E-state index in [4.69, 9.17) is 0 Å². The predicted molar refractivity (Wildman–Crippen MR) is 61.3 cm³/mol. The van der Waals surface area contributed by atoms with Crippen molar-refractivity contribution in [2.24, 2.45) is 0 Å². The Morgan fingerprint density at radius 2 is 1.93 bits per heavy atom. The molecule has 0 bridgehead atoms. The topological polar surface area (TPSA) is 12.0 Å². The van der Waals surface area contributed by atoms with Gasteiger partial charge in [-0.15, -0.1) is 0 Å². The average Bonchev–Trinajstić information content (AvgIpc) is 2.08. The number of rotatable bonds is 4. The van der Waals surface area contributed by atoms with Gasteiger partial charge in [-0.2, -0.15) is 0 Å². The van der Waals surface area contributed by atoms with Gasteiger partial charge in [0.25, 0.3) is 0 Å². The molecule has 0 aliphatic carbocycles. The normalized spacial score (nSPS) is 15.1. The van der Waals surface area contributed by atoms with E-state index >= 15 is 0 Å². The lowest BCUT2D eigenvalue weighted by atomic mass is 9.98. The molecule has 0 spiro atoms. The Morgan fingerprint density at radius 3 is 2.43 bits per heavy atom. The summed E-state index contributed by atoms with van der Waals surface area (Å²) in [5, 5.41) is 2.86. The van der Waals surface area contributed by atoms with E-state index in [1.54, 1.807) is 14.0 Å². The summed E-state index contributed by atoms with van der Waals surface area (Å²) in [5.74, 6) is 0. The third-order valence-electron chi connectivity index (χ3n) is 2.03. The highest BCUT2D eigenvalue weighted by molar-refractivity contribution is 9.10. The van der Waals surface area contributed by atoms with Crippen molar-refractivity contribution in [2.45, 2.75) is 19.0 Å². The zero-order valence-corrected chi connectivity index (χ0v) is 10.1. The van der Waals surface area contributed by atoms with Gasteiger partial charge in [0.2, 0.25) is 0 Å². The molecule has 1 nitrogen and oxygen atoms in total. The van der Waals surface area contributed by atoms with Crippen LogP contribution in [-0.2, 0) is 6.42 Å². The molecule has 0 amide bonds. The fourth-order valence-corrected chi connectivity index (χ4v) is 1.72. The molecule has 1 rings (SSSR count). The van der Waals surface area contributed by atoms with E-state index in [-0.39, 0.29) is 0 Å². The second kappa shape index (κ2) is 4.89. The van der Waals surface area contributed by atoms with Crippen LogP contribution < -0.4 is 5.32 Å². The van der Waals surface area contributed by atoms with E-state index in [9.17, 15) is 4.39 Å². The monoisotopic (exact) mass is 259 g/mol. The van der Waals surface area contributed by atoms with Gasteiger partial charge in [0.1, 0.15) is 5.67 Å². The Kier molecular flexibility index (Phi) is 4.08. The van der Waals surface area contributed by atoms with Crippen LogP contribution in [0.5, 0.6) is 0 Å². The van der Waals surface area contributed by atoms with E-state index in [1.807, 2.05) is 24.3 Å². The quantitative estimate of drug-likeness (QED) is 0.877. The predicted octanol–water partition coefficient (Wildman–Crippen LogP) is 2.94. The van der Waals surface area contributed by atoms with Crippen molar-refractivity contribution in [1.82, 2.24) is 5.32 Å². The highest BCUT2D eigenvalue weighted by Gasteiger charge is 2.22. The Labute approximate surface area is 92.8 Å². The Morgan fingerprint density at radius 1 is 1.36 bits per heavy atom. The molecule has 1 N–H and O–H groups in total. The van der Waals surface area contributed by atoms with Crippen LogP contribution in [0.3, 0.4) is 0 Å². The van der Waals surface area contributed by atoms with Crippen molar-refractivity contribution in [3.05, 3.63) is 34.3 Å².